The standard InChI is InChI=1S/C16H16N4O/c17-7-13-4-3-12-2-1-11(9-20(12)13)16(21)19-15-6-10-5-14(15)18-8-10/h1-4,9-10,14-15,18H,5-6,8H2,(H,19,21). The van der Waals surface area contributed by atoms with Gasteiger partial charge in [-0.15, -0.1) is 0 Å². The van der Waals surface area contributed by atoms with Crippen LogP contribution >= 0.6 is 0 Å². The number of piperidine rings is 1. The first-order chi connectivity index (χ1) is 10.2. The van der Waals surface area contributed by atoms with Crippen LogP contribution in [-0.4, -0.2) is 28.9 Å². The molecule has 2 fully saturated rings. The summed E-state index contributed by atoms with van der Waals surface area (Å²) >= 11 is 0. The van der Waals surface area contributed by atoms with Crippen molar-refractivity contribution in [3.8, 4) is 6.07 Å². The Hall–Kier alpha value is -2.32. The third kappa shape index (κ3) is 1.99. The molecule has 3 heterocycles. The summed E-state index contributed by atoms with van der Waals surface area (Å²) in [6.45, 7) is 1.08. The molecule has 106 valence electrons. The highest BCUT2D eigenvalue weighted by molar-refractivity contribution is 5.94. The average molecular weight is 280 g/mol. The molecule has 1 aliphatic carbocycles. The topological polar surface area (TPSA) is 69.3 Å². The molecule has 1 aliphatic heterocycles. The van der Waals surface area contributed by atoms with Gasteiger partial charge in [0, 0.05) is 23.8 Å². The second-order valence-corrected chi connectivity index (χ2v) is 5.98. The number of hydrogen-bond donors (Lipinski definition) is 2. The first-order valence-corrected chi connectivity index (χ1v) is 7.30. The van der Waals surface area contributed by atoms with Gasteiger partial charge in [-0.2, -0.15) is 5.26 Å². The minimum atomic E-state index is -0.0613. The van der Waals surface area contributed by atoms with Gasteiger partial charge in [-0.05, 0) is 49.6 Å². The lowest BCUT2D eigenvalue weighted by atomic mass is 10.1. The van der Waals surface area contributed by atoms with Gasteiger partial charge in [0.1, 0.15) is 11.8 Å². The summed E-state index contributed by atoms with van der Waals surface area (Å²) in [7, 11) is 0. The van der Waals surface area contributed by atoms with Crippen LogP contribution in [0, 0.1) is 17.2 Å². The summed E-state index contributed by atoms with van der Waals surface area (Å²) in [5.41, 5.74) is 2.06. The molecule has 1 saturated heterocycles. The Balaban J connectivity index is 1.58. The second kappa shape index (κ2) is 4.61. The van der Waals surface area contributed by atoms with E-state index >= 15 is 0 Å². The number of nitrogens with one attached hydrogen (secondary N) is 2. The van der Waals surface area contributed by atoms with Crippen molar-refractivity contribution in [2.24, 2.45) is 5.92 Å². The number of rotatable bonds is 2. The van der Waals surface area contributed by atoms with Gasteiger partial charge in [-0.25, -0.2) is 0 Å². The smallest absolute Gasteiger partial charge is 0.253 e. The molecule has 0 aromatic carbocycles. The molecule has 21 heavy (non-hydrogen) atoms. The average Bonchev–Trinajstić information content (AvgIpc) is 3.21. The van der Waals surface area contributed by atoms with Crippen molar-refractivity contribution in [1.29, 1.82) is 5.26 Å². The van der Waals surface area contributed by atoms with Crippen molar-refractivity contribution >= 4 is 11.4 Å². The molecule has 4 rings (SSSR count). The van der Waals surface area contributed by atoms with Crippen LogP contribution in [0.5, 0.6) is 0 Å². The summed E-state index contributed by atoms with van der Waals surface area (Å²) in [6.07, 6.45) is 3.97. The second-order valence-electron chi connectivity index (χ2n) is 5.98. The van der Waals surface area contributed by atoms with Crippen LogP contribution in [0.25, 0.3) is 5.52 Å². The summed E-state index contributed by atoms with van der Waals surface area (Å²) in [5.74, 6) is 0.645. The summed E-state index contributed by atoms with van der Waals surface area (Å²) in [6, 6.07) is 10.1. The van der Waals surface area contributed by atoms with Crippen LogP contribution in [0.1, 0.15) is 28.9 Å². The molecule has 2 N–H and O–H groups in total. The fourth-order valence-electron chi connectivity index (χ4n) is 3.59. The molecule has 3 unspecified atom stereocenters. The lowest BCUT2D eigenvalue weighted by molar-refractivity contribution is 0.0928. The third-order valence-electron chi connectivity index (χ3n) is 4.67. The van der Waals surface area contributed by atoms with E-state index in [0.29, 0.717) is 23.2 Å². The first kappa shape index (κ1) is 12.4. The van der Waals surface area contributed by atoms with Crippen molar-refractivity contribution < 1.29 is 4.79 Å². The van der Waals surface area contributed by atoms with E-state index in [-0.39, 0.29) is 11.9 Å². The number of fused-ring (bicyclic) bond motifs is 3. The van der Waals surface area contributed by atoms with Gasteiger partial charge in [0.05, 0.1) is 5.56 Å². The SMILES string of the molecule is N#Cc1ccc2ccc(C(=O)NC3CC4CNC3C4)cn12. The van der Waals surface area contributed by atoms with E-state index in [1.165, 1.54) is 6.42 Å². The zero-order valence-electron chi connectivity index (χ0n) is 11.5. The van der Waals surface area contributed by atoms with Crippen molar-refractivity contribution in [1.82, 2.24) is 15.0 Å². The summed E-state index contributed by atoms with van der Waals surface area (Å²) in [5, 5.41) is 15.6. The molecule has 2 aromatic rings. The Morgan fingerprint density at radius 3 is 2.90 bits per heavy atom. The minimum absolute atomic E-state index is 0.0613. The predicted molar refractivity (Wildman–Crippen MR) is 77.9 cm³/mol. The Morgan fingerprint density at radius 2 is 2.19 bits per heavy atom. The number of carbonyl (C=O) groups is 1. The van der Waals surface area contributed by atoms with Gasteiger partial charge in [0.2, 0.25) is 0 Å². The van der Waals surface area contributed by atoms with E-state index in [0.717, 1.165) is 18.5 Å². The fourth-order valence-corrected chi connectivity index (χ4v) is 3.59. The van der Waals surface area contributed by atoms with E-state index in [2.05, 4.69) is 16.7 Å². The molecular formula is C16H16N4O. The van der Waals surface area contributed by atoms with Crippen LogP contribution < -0.4 is 10.6 Å². The summed E-state index contributed by atoms with van der Waals surface area (Å²) in [4.78, 5) is 12.4. The van der Waals surface area contributed by atoms with Crippen molar-refractivity contribution in [2.75, 3.05) is 6.54 Å². The van der Waals surface area contributed by atoms with Crippen LogP contribution in [0.15, 0.2) is 30.5 Å². The molecule has 0 spiro atoms. The number of hydrogen-bond acceptors (Lipinski definition) is 3. The lowest BCUT2D eigenvalue weighted by Gasteiger charge is -2.24. The zero-order valence-corrected chi connectivity index (χ0v) is 11.5. The van der Waals surface area contributed by atoms with E-state index in [4.69, 9.17) is 5.26 Å². The third-order valence-corrected chi connectivity index (χ3v) is 4.67. The van der Waals surface area contributed by atoms with Crippen LogP contribution in [0.2, 0.25) is 0 Å². The molecule has 1 saturated carbocycles. The molecule has 0 radical (unpaired) electrons. The first-order valence-electron chi connectivity index (χ1n) is 7.30. The predicted octanol–water partition coefficient (Wildman–Crippen LogP) is 1.29. The molecule has 2 bridgehead atoms. The summed E-state index contributed by atoms with van der Waals surface area (Å²) < 4.78 is 1.76. The lowest BCUT2D eigenvalue weighted by Crippen LogP contribution is -2.47. The van der Waals surface area contributed by atoms with Crippen molar-refractivity contribution in [3.63, 3.8) is 0 Å². The molecule has 2 aliphatic rings. The van der Waals surface area contributed by atoms with Gasteiger partial charge in [0.25, 0.3) is 5.91 Å². The number of nitriles is 1. The maximum atomic E-state index is 12.4. The maximum Gasteiger partial charge on any atom is 0.253 e. The highest BCUT2D eigenvalue weighted by atomic mass is 16.1. The highest BCUT2D eigenvalue weighted by Gasteiger charge is 2.40. The zero-order chi connectivity index (χ0) is 14.4. The Morgan fingerprint density at radius 1 is 1.33 bits per heavy atom. The quantitative estimate of drug-likeness (QED) is 0.871. The normalized spacial score (nSPS) is 26.9. The van der Waals surface area contributed by atoms with E-state index < -0.39 is 0 Å². The molecule has 5 heteroatoms. The highest BCUT2D eigenvalue weighted by Crippen LogP contribution is 2.31. The van der Waals surface area contributed by atoms with Gasteiger partial charge >= 0.3 is 0 Å². The Labute approximate surface area is 122 Å². The maximum absolute atomic E-state index is 12.4. The number of pyridine rings is 1. The van der Waals surface area contributed by atoms with Crippen molar-refractivity contribution in [3.05, 3.63) is 41.7 Å². The van der Waals surface area contributed by atoms with E-state index in [1.807, 2.05) is 18.2 Å². The van der Waals surface area contributed by atoms with Gasteiger partial charge in [-0.1, -0.05) is 0 Å². The Bertz CT molecular complexity index is 757. The molecular weight excluding hydrogens is 264 g/mol. The van der Waals surface area contributed by atoms with Gasteiger partial charge < -0.3 is 15.0 Å². The molecule has 2 aromatic heterocycles. The largest absolute Gasteiger partial charge is 0.348 e. The Kier molecular flexibility index (Phi) is 2.72. The molecule has 1 amide bonds. The monoisotopic (exact) mass is 280 g/mol. The van der Waals surface area contributed by atoms with Crippen LogP contribution in [0.3, 0.4) is 0 Å². The molecule has 5 nitrogen and oxygen atoms in total. The number of amides is 1. The minimum Gasteiger partial charge on any atom is -0.348 e. The van der Waals surface area contributed by atoms with Crippen LogP contribution in [0.4, 0.5) is 0 Å². The van der Waals surface area contributed by atoms with Crippen LogP contribution in [-0.2, 0) is 0 Å². The van der Waals surface area contributed by atoms with Gasteiger partial charge in [0.15, 0.2) is 0 Å². The van der Waals surface area contributed by atoms with E-state index in [1.54, 1.807) is 16.7 Å². The van der Waals surface area contributed by atoms with E-state index in [9.17, 15) is 4.79 Å². The molecule has 3 atom stereocenters. The van der Waals surface area contributed by atoms with Gasteiger partial charge in [-0.3, -0.25) is 4.79 Å². The van der Waals surface area contributed by atoms with Crippen molar-refractivity contribution in [2.45, 2.75) is 24.9 Å². The number of aromatic nitrogens is 1. The number of carbonyl (C=O) groups excluding carboxylic acids is 1. The number of nitrogens with zero attached hydrogens (tertiary/aromatic N) is 2. The fraction of sp³-hybridized carbons (Fsp3) is 0.375.